The van der Waals surface area contributed by atoms with Gasteiger partial charge in [0.25, 0.3) is 0 Å². The summed E-state index contributed by atoms with van der Waals surface area (Å²) in [5, 5.41) is 2.04. The third-order valence-corrected chi connectivity index (χ3v) is 4.52. The Morgan fingerprint density at radius 2 is 1.54 bits per heavy atom. The second-order valence-electron chi connectivity index (χ2n) is 5.81. The summed E-state index contributed by atoms with van der Waals surface area (Å²) in [5.74, 6) is -0.300. The monoisotopic (exact) mass is 315 g/mol. The van der Waals surface area contributed by atoms with E-state index in [-0.39, 0.29) is 5.97 Å². The maximum absolute atomic E-state index is 12.4. The van der Waals surface area contributed by atoms with Crippen molar-refractivity contribution in [3.63, 3.8) is 0 Å². The van der Waals surface area contributed by atoms with E-state index < -0.39 is 0 Å². The van der Waals surface area contributed by atoms with E-state index in [2.05, 4.69) is 29.7 Å². The van der Waals surface area contributed by atoms with Gasteiger partial charge in [-0.2, -0.15) is 0 Å². The number of aryl methyl sites for hydroxylation is 1. The fourth-order valence-electron chi connectivity index (χ4n) is 3.44. The summed E-state index contributed by atoms with van der Waals surface area (Å²) in [6.07, 6.45) is 2.03. The van der Waals surface area contributed by atoms with E-state index in [4.69, 9.17) is 4.74 Å². The minimum absolute atomic E-state index is 0.300. The molecule has 0 bridgehead atoms. The van der Waals surface area contributed by atoms with Gasteiger partial charge in [-0.3, -0.25) is 0 Å². The van der Waals surface area contributed by atoms with Crippen molar-refractivity contribution in [2.75, 3.05) is 7.11 Å². The molecule has 2 aromatic rings. The highest BCUT2D eigenvalue weighted by molar-refractivity contribution is 6.19. The molecule has 0 saturated heterocycles. The molecule has 1 aromatic carbocycles. The molecule has 0 radical (unpaired) electrons. The van der Waals surface area contributed by atoms with Crippen LogP contribution in [0, 0.1) is 6.92 Å². The minimum atomic E-state index is -0.300. The number of ether oxygens (including phenoxy) is 1. The fraction of sp³-hybridized carbons (Fsp3) is 0.0952. The number of rotatable bonds is 2. The zero-order chi connectivity index (χ0) is 16.7. The van der Waals surface area contributed by atoms with Crippen LogP contribution in [0.5, 0.6) is 0 Å². The molecule has 4 rings (SSSR count). The Kier molecular flexibility index (Phi) is 3.35. The number of hydrogen-bond donors (Lipinski definition) is 0. The third-order valence-electron chi connectivity index (χ3n) is 4.52. The Morgan fingerprint density at radius 3 is 2.21 bits per heavy atom. The van der Waals surface area contributed by atoms with Crippen molar-refractivity contribution in [2.24, 2.45) is 0 Å². The zero-order valence-electron chi connectivity index (χ0n) is 13.6. The van der Waals surface area contributed by atoms with Crippen molar-refractivity contribution < 1.29 is 9.53 Å². The van der Waals surface area contributed by atoms with Crippen LogP contribution >= 0.6 is 0 Å². The first-order valence-corrected chi connectivity index (χ1v) is 7.88. The molecule has 0 N–H and O–H groups in total. The maximum Gasteiger partial charge on any atom is 0.339 e. The van der Waals surface area contributed by atoms with Crippen molar-refractivity contribution in [3.8, 4) is 16.8 Å². The number of para-hydroxylation sites is 1. The maximum atomic E-state index is 12.4. The predicted octanol–water partition coefficient (Wildman–Crippen LogP) is 4.83. The Labute approximate surface area is 140 Å². The number of fused-ring (bicyclic) bond motifs is 3. The van der Waals surface area contributed by atoms with Gasteiger partial charge in [0.2, 0.25) is 0 Å². The number of aromatic nitrogens is 1. The van der Waals surface area contributed by atoms with Gasteiger partial charge in [-0.15, -0.1) is 0 Å². The normalized spacial score (nSPS) is 11.1. The Hall–Kier alpha value is -3.07. The molecule has 0 saturated carbocycles. The van der Waals surface area contributed by atoms with Gasteiger partial charge in [0.15, 0.2) is 0 Å². The minimum Gasteiger partial charge on any atom is -0.465 e. The van der Waals surface area contributed by atoms with Crippen LogP contribution in [0.15, 0.2) is 66.9 Å². The molecule has 3 nitrogen and oxygen atoms in total. The number of carbonyl (C=O) groups is 1. The molecule has 1 aromatic heterocycles. The van der Waals surface area contributed by atoms with Crippen molar-refractivity contribution in [3.05, 3.63) is 78.1 Å². The van der Waals surface area contributed by atoms with Gasteiger partial charge in [-0.1, -0.05) is 48.5 Å². The average molecular weight is 315 g/mol. The molecule has 0 amide bonds. The second kappa shape index (κ2) is 5.53. The van der Waals surface area contributed by atoms with Crippen molar-refractivity contribution in [1.82, 2.24) is 4.57 Å². The van der Waals surface area contributed by atoms with Crippen molar-refractivity contribution in [2.45, 2.75) is 6.92 Å². The first-order chi connectivity index (χ1) is 11.7. The van der Waals surface area contributed by atoms with Crippen LogP contribution in [-0.4, -0.2) is 17.6 Å². The molecule has 0 fully saturated rings. The van der Waals surface area contributed by atoms with Gasteiger partial charge in [0.05, 0.1) is 12.7 Å². The summed E-state index contributed by atoms with van der Waals surface area (Å²) in [6, 6.07) is 20.1. The molecule has 118 valence electrons. The van der Waals surface area contributed by atoms with Gasteiger partial charge in [-0.25, -0.2) is 4.79 Å². The predicted molar refractivity (Wildman–Crippen MR) is 96.0 cm³/mol. The van der Waals surface area contributed by atoms with Crippen LogP contribution in [0.3, 0.4) is 0 Å². The number of hydrogen-bond acceptors (Lipinski definition) is 2. The van der Waals surface area contributed by atoms with E-state index in [0.717, 1.165) is 33.3 Å². The van der Waals surface area contributed by atoms with Crippen molar-refractivity contribution >= 4 is 16.7 Å². The topological polar surface area (TPSA) is 31.2 Å². The molecule has 0 spiro atoms. The average Bonchev–Trinajstić information content (AvgIpc) is 2.98. The Bertz CT molecular complexity index is 1010. The second-order valence-corrected chi connectivity index (χ2v) is 5.81. The highest BCUT2D eigenvalue weighted by atomic mass is 16.5. The lowest BCUT2D eigenvalue weighted by atomic mass is 10.1. The van der Waals surface area contributed by atoms with Crippen molar-refractivity contribution in [1.29, 1.82) is 0 Å². The fourth-order valence-corrected chi connectivity index (χ4v) is 3.44. The number of carbonyl (C=O) groups excluding carboxylic acids is 1. The molecule has 2 aliphatic carbocycles. The van der Waals surface area contributed by atoms with Gasteiger partial charge >= 0.3 is 5.97 Å². The van der Waals surface area contributed by atoms with Crippen LogP contribution in [0.25, 0.3) is 27.6 Å². The summed E-state index contributed by atoms with van der Waals surface area (Å²) in [5.41, 5.74) is 4.83. The number of nitrogens with zero attached hydrogens (tertiary/aromatic N) is 1. The highest BCUT2D eigenvalue weighted by Crippen LogP contribution is 2.42. The lowest BCUT2D eigenvalue weighted by Gasteiger charge is -2.07. The number of methoxy groups -OCH3 is 1. The van der Waals surface area contributed by atoms with Gasteiger partial charge in [-0.05, 0) is 30.2 Å². The largest absolute Gasteiger partial charge is 0.465 e. The zero-order valence-corrected chi connectivity index (χ0v) is 13.6. The van der Waals surface area contributed by atoms with E-state index in [1.165, 1.54) is 7.11 Å². The Morgan fingerprint density at radius 1 is 0.917 bits per heavy atom. The van der Waals surface area contributed by atoms with E-state index >= 15 is 0 Å². The summed E-state index contributed by atoms with van der Waals surface area (Å²) < 4.78 is 7.18. The van der Waals surface area contributed by atoms with E-state index in [0.29, 0.717) is 5.56 Å². The summed E-state index contributed by atoms with van der Waals surface area (Å²) >= 11 is 0. The van der Waals surface area contributed by atoms with Crippen LogP contribution in [0.1, 0.15) is 16.1 Å². The molecule has 24 heavy (non-hydrogen) atoms. The quantitative estimate of drug-likeness (QED) is 0.496. The smallest absolute Gasteiger partial charge is 0.339 e. The first kappa shape index (κ1) is 14.5. The summed E-state index contributed by atoms with van der Waals surface area (Å²) in [6.45, 7) is 2.09. The summed E-state index contributed by atoms with van der Waals surface area (Å²) in [7, 11) is 1.43. The Balaban J connectivity index is 2.12. The molecule has 2 aliphatic rings. The van der Waals surface area contributed by atoms with E-state index in [1.54, 1.807) is 0 Å². The number of benzene rings is 1. The highest BCUT2D eigenvalue weighted by Gasteiger charge is 2.26. The number of esters is 1. The molecular weight excluding hydrogens is 298 g/mol. The molecule has 0 aliphatic heterocycles. The summed E-state index contributed by atoms with van der Waals surface area (Å²) in [4.78, 5) is 12.4. The van der Waals surface area contributed by atoms with Gasteiger partial charge < -0.3 is 9.30 Å². The lowest BCUT2D eigenvalue weighted by molar-refractivity contribution is 0.0604. The SMILES string of the molecule is COC(=O)c1c2cccccc-2c2c(C)n(-c3ccccc3)cc12. The molecular formula is C21H17NO2. The molecule has 1 heterocycles. The standard InChI is InChI=1S/C21H17NO2/c1-14-19-16-11-7-4-8-12-17(16)20(21(23)24-2)18(19)13-22(14)15-9-5-3-6-10-15/h3-13H,1-2H3. The molecule has 0 unspecified atom stereocenters. The molecule has 0 atom stereocenters. The van der Waals surface area contributed by atoms with Gasteiger partial charge in [0, 0.05) is 28.4 Å². The first-order valence-electron chi connectivity index (χ1n) is 7.88. The van der Waals surface area contributed by atoms with Crippen LogP contribution < -0.4 is 0 Å². The lowest BCUT2D eigenvalue weighted by Crippen LogP contribution is -2.01. The van der Waals surface area contributed by atoms with Crippen LogP contribution in [0.2, 0.25) is 0 Å². The van der Waals surface area contributed by atoms with Crippen LogP contribution in [0.4, 0.5) is 0 Å². The van der Waals surface area contributed by atoms with E-state index in [9.17, 15) is 4.79 Å². The van der Waals surface area contributed by atoms with E-state index in [1.807, 2.05) is 48.7 Å². The third kappa shape index (κ3) is 2.02. The molecule has 3 heteroatoms. The van der Waals surface area contributed by atoms with Gasteiger partial charge in [0.1, 0.15) is 0 Å². The van der Waals surface area contributed by atoms with Crippen LogP contribution in [-0.2, 0) is 4.74 Å².